The van der Waals surface area contributed by atoms with Gasteiger partial charge < -0.3 is 0 Å². The number of carbonyl (C=O) groups is 2. The lowest BCUT2D eigenvalue weighted by Crippen LogP contribution is -2.51. The summed E-state index contributed by atoms with van der Waals surface area (Å²) < 4.78 is 0. The number of hydrazine groups is 3. The summed E-state index contributed by atoms with van der Waals surface area (Å²) in [5, 5.41) is 3.79. The lowest BCUT2D eigenvalue weighted by atomic mass is 10.3. The highest BCUT2D eigenvalue weighted by Crippen LogP contribution is 2.25. The van der Waals surface area contributed by atoms with Crippen molar-refractivity contribution >= 4 is 23.4 Å². The third-order valence-electron chi connectivity index (χ3n) is 2.13. The third kappa shape index (κ3) is 1.38. The molecule has 7 heteroatoms. The largest absolute Gasteiger partial charge is 0.298 e. The molecule has 6 nitrogen and oxygen atoms in total. The SMILES string of the molecule is CC1=C(Cl)C(=O)N(N2C=CN(C)N2)C1=O. The van der Waals surface area contributed by atoms with E-state index in [1.807, 2.05) is 0 Å². The minimum atomic E-state index is -0.522. The van der Waals surface area contributed by atoms with Crippen LogP contribution in [0.1, 0.15) is 6.92 Å². The van der Waals surface area contributed by atoms with E-state index >= 15 is 0 Å². The highest BCUT2D eigenvalue weighted by molar-refractivity contribution is 6.47. The molecule has 1 N–H and O–H groups in total. The van der Waals surface area contributed by atoms with Gasteiger partial charge in [-0.3, -0.25) is 14.6 Å². The fraction of sp³-hybridized carbons (Fsp3) is 0.250. The number of nitrogens with zero attached hydrogens (tertiary/aromatic N) is 3. The van der Waals surface area contributed by atoms with E-state index in [0.29, 0.717) is 0 Å². The summed E-state index contributed by atoms with van der Waals surface area (Å²) in [7, 11) is 1.74. The van der Waals surface area contributed by atoms with E-state index in [1.165, 1.54) is 12.0 Å². The molecule has 0 radical (unpaired) electrons. The molecule has 0 saturated carbocycles. The van der Waals surface area contributed by atoms with Gasteiger partial charge in [0.05, 0.1) is 6.20 Å². The maximum atomic E-state index is 11.6. The molecule has 0 fully saturated rings. The zero-order valence-electron chi connectivity index (χ0n) is 8.19. The van der Waals surface area contributed by atoms with Gasteiger partial charge in [-0.1, -0.05) is 11.6 Å². The number of rotatable bonds is 1. The predicted octanol–water partition coefficient (Wildman–Crippen LogP) is -0.0788. The van der Waals surface area contributed by atoms with E-state index in [2.05, 4.69) is 5.53 Å². The third-order valence-corrected chi connectivity index (χ3v) is 2.57. The van der Waals surface area contributed by atoms with Crippen LogP contribution in [0.4, 0.5) is 0 Å². The van der Waals surface area contributed by atoms with Crippen LogP contribution >= 0.6 is 11.6 Å². The predicted molar refractivity (Wildman–Crippen MR) is 52.3 cm³/mol. The van der Waals surface area contributed by atoms with Crippen LogP contribution in [0.5, 0.6) is 0 Å². The smallest absolute Gasteiger partial charge is 0.293 e. The van der Waals surface area contributed by atoms with Gasteiger partial charge in [-0.25, -0.2) is 0 Å². The summed E-state index contributed by atoms with van der Waals surface area (Å²) in [6.07, 6.45) is 3.22. The van der Waals surface area contributed by atoms with Crippen molar-refractivity contribution in [2.75, 3.05) is 7.05 Å². The summed E-state index contributed by atoms with van der Waals surface area (Å²) in [6.45, 7) is 1.52. The normalized spacial score (nSPS) is 21.4. The zero-order chi connectivity index (χ0) is 11.2. The minimum Gasteiger partial charge on any atom is -0.298 e. The first-order chi connectivity index (χ1) is 7.02. The number of halogens is 1. The number of amides is 2. The minimum absolute atomic E-state index is 0.0373. The lowest BCUT2D eigenvalue weighted by molar-refractivity contribution is -0.158. The van der Waals surface area contributed by atoms with Crippen LogP contribution in [0.15, 0.2) is 23.0 Å². The molecule has 2 aliphatic rings. The van der Waals surface area contributed by atoms with E-state index in [0.717, 1.165) is 5.01 Å². The number of carbonyl (C=O) groups excluding carboxylic acids is 2. The fourth-order valence-corrected chi connectivity index (χ4v) is 1.46. The Morgan fingerprint density at radius 3 is 2.33 bits per heavy atom. The number of nitrogens with one attached hydrogen (secondary N) is 1. The van der Waals surface area contributed by atoms with Crippen molar-refractivity contribution in [3.63, 3.8) is 0 Å². The van der Waals surface area contributed by atoms with E-state index in [4.69, 9.17) is 11.6 Å². The number of hydrogen-bond donors (Lipinski definition) is 1. The molecule has 0 aromatic carbocycles. The first-order valence-corrected chi connectivity index (χ1v) is 4.62. The maximum Gasteiger partial charge on any atom is 0.293 e. The van der Waals surface area contributed by atoms with Crippen LogP contribution in [0.25, 0.3) is 0 Å². The van der Waals surface area contributed by atoms with Crippen molar-refractivity contribution in [1.29, 1.82) is 0 Å². The molecule has 0 aromatic rings. The summed E-state index contributed by atoms with van der Waals surface area (Å²) in [5.74, 6) is -0.941. The topological polar surface area (TPSA) is 55.9 Å². The molecule has 0 bridgehead atoms. The van der Waals surface area contributed by atoms with Crippen LogP contribution in [0, 0.1) is 0 Å². The molecule has 0 spiro atoms. The number of imide groups is 1. The van der Waals surface area contributed by atoms with E-state index in [1.54, 1.807) is 24.5 Å². The molecule has 2 amide bonds. The average molecular weight is 229 g/mol. The Kier molecular flexibility index (Phi) is 2.17. The second kappa shape index (κ2) is 3.25. The Morgan fingerprint density at radius 2 is 1.93 bits per heavy atom. The van der Waals surface area contributed by atoms with Gasteiger partial charge in [-0.05, 0) is 6.92 Å². The van der Waals surface area contributed by atoms with E-state index in [9.17, 15) is 9.59 Å². The van der Waals surface area contributed by atoms with E-state index in [-0.39, 0.29) is 10.6 Å². The fourth-order valence-electron chi connectivity index (χ4n) is 1.30. The van der Waals surface area contributed by atoms with Gasteiger partial charge in [-0.2, -0.15) is 10.1 Å². The van der Waals surface area contributed by atoms with Gasteiger partial charge in [0.25, 0.3) is 11.8 Å². The van der Waals surface area contributed by atoms with Gasteiger partial charge in [0.15, 0.2) is 0 Å². The molecule has 2 heterocycles. The first-order valence-electron chi connectivity index (χ1n) is 4.24. The Bertz CT molecular complexity index is 379. The Morgan fingerprint density at radius 1 is 1.27 bits per heavy atom. The van der Waals surface area contributed by atoms with Gasteiger partial charge >= 0.3 is 0 Å². The van der Waals surface area contributed by atoms with Crippen molar-refractivity contribution in [3.8, 4) is 0 Å². The van der Waals surface area contributed by atoms with Gasteiger partial charge in [0.2, 0.25) is 0 Å². The summed E-state index contributed by atoms with van der Waals surface area (Å²) in [5.41, 5.74) is 3.01. The molecule has 0 atom stereocenters. The van der Waals surface area contributed by atoms with Crippen molar-refractivity contribution in [2.24, 2.45) is 0 Å². The second-order valence-corrected chi connectivity index (χ2v) is 3.59. The van der Waals surface area contributed by atoms with Crippen LogP contribution in [-0.4, -0.2) is 34.0 Å². The van der Waals surface area contributed by atoms with Gasteiger partial charge in [0.1, 0.15) is 5.03 Å². The first kappa shape index (κ1) is 10.0. The standard InChI is InChI=1S/C8H9ClN4O2/c1-5-6(9)8(15)13(7(5)14)12-4-3-11(2)10-12/h3-4,10H,1-2H3. The summed E-state index contributed by atoms with van der Waals surface area (Å²) in [6, 6.07) is 0. The highest BCUT2D eigenvalue weighted by Gasteiger charge is 2.39. The zero-order valence-corrected chi connectivity index (χ0v) is 8.95. The lowest BCUT2D eigenvalue weighted by Gasteiger charge is -2.26. The molecule has 15 heavy (non-hydrogen) atoms. The second-order valence-electron chi connectivity index (χ2n) is 3.21. The summed E-state index contributed by atoms with van der Waals surface area (Å²) >= 11 is 5.69. The maximum absolute atomic E-state index is 11.6. The Hall–Kier alpha value is -1.53. The molecule has 0 saturated heterocycles. The van der Waals surface area contributed by atoms with Crippen molar-refractivity contribution in [3.05, 3.63) is 23.0 Å². The molecule has 0 unspecified atom stereocenters. The van der Waals surface area contributed by atoms with Crippen molar-refractivity contribution in [1.82, 2.24) is 20.7 Å². The molecule has 0 aliphatic carbocycles. The molecule has 0 aromatic heterocycles. The molecule has 80 valence electrons. The Balaban J connectivity index is 2.24. The van der Waals surface area contributed by atoms with Gasteiger partial charge in [-0.15, -0.1) is 5.53 Å². The highest BCUT2D eigenvalue weighted by atomic mass is 35.5. The van der Waals surface area contributed by atoms with Crippen LogP contribution in [0.3, 0.4) is 0 Å². The number of hydrogen-bond acceptors (Lipinski definition) is 5. The quantitative estimate of drug-likeness (QED) is 0.637. The van der Waals surface area contributed by atoms with Crippen molar-refractivity contribution in [2.45, 2.75) is 6.92 Å². The van der Waals surface area contributed by atoms with E-state index < -0.39 is 11.8 Å². The van der Waals surface area contributed by atoms with Gasteiger partial charge in [0, 0.05) is 18.8 Å². The van der Waals surface area contributed by atoms with Crippen molar-refractivity contribution < 1.29 is 9.59 Å². The molecule has 2 rings (SSSR count). The summed E-state index contributed by atoms with van der Waals surface area (Å²) in [4.78, 5) is 23.2. The molecular formula is C8H9ClN4O2. The van der Waals surface area contributed by atoms with Crippen LogP contribution in [-0.2, 0) is 9.59 Å². The monoisotopic (exact) mass is 228 g/mol. The molecule has 2 aliphatic heterocycles. The van der Waals surface area contributed by atoms with Crippen LogP contribution < -0.4 is 5.53 Å². The average Bonchev–Trinajstić information content (AvgIpc) is 2.68. The molecular weight excluding hydrogens is 220 g/mol. The van der Waals surface area contributed by atoms with Crippen LogP contribution in [0.2, 0.25) is 0 Å². The Labute approximate surface area is 91.3 Å².